The maximum atomic E-state index is 13.2. The summed E-state index contributed by atoms with van der Waals surface area (Å²) in [5, 5.41) is 21.8. The first kappa shape index (κ1) is 19.6. The number of nitro benzene ring substituents is 1. The standard InChI is InChI=1S/C22H20N4O4/c1-14-11-24(12-15(2)30-14)20-8-7-16(9-21(20)26(28)29)22(27)25-13-17(10-23)18-5-3-4-6-19(18)25/h3-9,13-15H,11-12H2,1-2H3. The minimum atomic E-state index is -0.467. The fraction of sp³-hybridized carbons (Fsp3) is 0.273. The number of aromatic nitrogens is 1. The molecule has 0 N–H and O–H groups in total. The van der Waals surface area contributed by atoms with E-state index in [1.165, 1.54) is 16.8 Å². The fourth-order valence-corrected chi connectivity index (χ4v) is 4.02. The number of carbonyl (C=O) groups excluding carboxylic acids is 1. The van der Waals surface area contributed by atoms with Crippen molar-refractivity contribution in [3.63, 3.8) is 0 Å². The Morgan fingerprint density at radius 2 is 1.90 bits per heavy atom. The summed E-state index contributed by atoms with van der Waals surface area (Å²) in [6.45, 7) is 4.92. The molecule has 0 spiro atoms. The lowest BCUT2D eigenvalue weighted by Crippen LogP contribution is -2.45. The first-order valence-corrected chi connectivity index (χ1v) is 9.62. The van der Waals surface area contributed by atoms with Gasteiger partial charge in [0.25, 0.3) is 11.6 Å². The molecule has 3 aromatic rings. The van der Waals surface area contributed by atoms with Gasteiger partial charge in [0.2, 0.25) is 0 Å². The Kier molecular flexibility index (Phi) is 4.98. The summed E-state index contributed by atoms with van der Waals surface area (Å²) in [7, 11) is 0. The van der Waals surface area contributed by atoms with Crippen LogP contribution < -0.4 is 4.90 Å². The molecule has 1 aliphatic rings. The largest absolute Gasteiger partial charge is 0.372 e. The average Bonchev–Trinajstić information content (AvgIpc) is 3.11. The lowest BCUT2D eigenvalue weighted by molar-refractivity contribution is -0.384. The van der Waals surface area contributed by atoms with Crippen LogP contribution in [0.5, 0.6) is 0 Å². The normalized spacial score (nSPS) is 18.9. The van der Waals surface area contributed by atoms with Gasteiger partial charge in [-0.2, -0.15) is 5.26 Å². The molecule has 1 saturated heterocycles. The van der Waals surface area contributed by atoms with Crippen molar-refractivity contribution in [2.75, 3.05) is 18.0 Å². The van der Waals surface area contributed by atoms with Crippen LogP contribution in [0.2, 0.25) is 0 Å². The number of nitriles is 1. The maximum absolute atomic E-state index is 13.2. The van der Waals surface area contributed by atoms with Crippen LogP contribution >= 0.6 is 0 Å². The molecule has 1 aromatic heterocycles. The summed E-state index contributed by atoms with van der Waals surface area (Å²) in [5.74, 6) is -0.425. The Bertz CT molecular complexity index is 1180. The number of nitro groups is 1. The smallest absolute Gasteiger partial charge is 0.293 e. The molecule has 152 valence electrons. The summed E-state index contributed by atoms with van der Waals surface area (Å²) >= 11 is 0. The number of benzene rings is 2. The molecular formula is C22H20N4O4. The Morgan fingerprint density at radius 1 is 1.20 bits per heavy atom. The zero-order valence-electron chi connectivity index (χ0n) is 16.6. The van der Waals surface area contributed by atoms with E-state index in [2.05, 4.69) is 6.07 Å². The van der Waals surface area contributed by atoms with Crippen molar-refractivity contribution in [3.8, 4) is 6.07 Å². The van der Waals surface area contributed by atoms with Crippen molar-refractivity contribution in [1.82, 2.24) is 4.57 Å². The van der Waals surface area contributed by atoms with Gasteiger partial charge in [0.15, 0.2) is 0 Å². The zero-order valence-corrected chi connectivity index (χ0v) is 16.6. The molecule has 2 aromatic carbocycles. The van der Waals surface area contributed by atoms with Crippen molar-refractivity contribution < 1.29 is 14.5 Å². The topological polar surface area (TPSA) is 101 Å². The van der Waals surface area contributed by atoms with Crippen LogP contribution in [0.4, 0.5) is 11.4 Å². The van der Waals surface area contributed by atoms with Crippen LogP contribution in [-0.2, 0) is 4.74 Å². The van der Waals surface area contributed by atoms with Gasteiger partial charge in [0, 0.05) is 36.3 Å². The van der Waals surface area contributed by atoms with E-state index in [-0.39, 0.29) is 23.5 Å². The second-order valence-electron chi connectivity index (χ2n) is 7.47. The van der Waals surface area contributed by atoms with Crippen molar-refractivity contribution in [2.45, 2.75) is 26.1 Å². The quantitative estimate of drug-likeness (QED) is 0.487. The summed E-state index contributed by atoms with van der Waals surface area (Å²) in [4.78, 5) is 26.4. The predicted octanol–water partition coefficient (Wildman–Crippen LogP) is 3.72. The molecule has 0 aliphatic carbocycles. The molecule has 2 heterocycles. The van der Waals surface area contributed by atoms with E-state index in [1.807, 2.05) is 18.7 Å². The van der Waals surface area contributed by atoms with E-state index >= 15 is 0 Å². The lowest BCUT2D eigenvalue weighted by atomic mass is 10.1. The van der Waals surface area contributed by atoms with Crippen LogP contribution in [0.15, 0.2) is 48.7 Å². The Labute approximate surface area is 173 Å². The number of morpholine rings is 1. The molecular weight excluding hydrogens is 384 g/mol. The number of carbonyl (C=O) groups is 1. The van der Waals surface area contributed by atoms with Crippen molar-refractivity contribution in [2.24, 2.45) is 0 Å². The van der Waals surface area contributed by atoms with Crippen molar-refractivity contribution in [3.05, 3.63) is 69.9 Å². The van der Waals surface area contributed by atoms with E-state index in [9.17, 15) is 20.2 Å². The third-order valence-corrected chi connectivity index (χ3v) is 5.23. The molecule has 2 unspecified atom stereocenters. The Hall–Kier alpha value is -3.70. The van der Waals surface area contributed by atoms with Gasteiger partial charge < -0.3 is 9.64 Å². The molecule has 8 nitrogen and oxygen atoms in total. The van der Waals surface area contributed by atoms with Crippen molar-refractivity contribution in [1.29, 1.82) is 5.26 Å². The molecule has 0 saturated carbocycles. The number of ether oxygens (including phenoxy) is 1. The fourth-order valence-electron chi connectivity index (χ4n) is 4.02. The van der Waals surface area contributed by atoms with Crippen LogP contribution in [0.25, 0.3) is 10.9 Å². The number of hydrogen-bond acceptors (Lipinski definition) is 6. The van der Waals surface area contributed by atoms with Gasteiger partial charge in [-0.3, -0.25) is 19.5 Å². The van der Waals surface area contributed by atoms with Crippen LogP contribution in [0.1, 0.15) is 29.8 Å². The molecule has 0 amide bonds. The maximum Gasteiger partial charge on any atom is 0.293 e. The second kappa shape index (κ2) is 7.61. The van der Waals surface area contributed by atoms with Gasteiger partial charge in [0.05, 0.1) is 28.2 Å². The SMILES string of the molecule is CC1CN(c2ccc(C(=O)n3cc(C#N)c4ccccc43)cc2[N+](=O)[O-])CC(C)O1. The first-order chi connectivity index (χ1) is 14.4. The van der Waals surface area contributed by atoms with Gasteiger partial charge in [-0.15, -0.1) is 0 Å². The molecule has 0 radical (unpaired) electrons. The second-order valence-corrected chi connectivity index (χ2v) is 7.47. The van der Waals surface area contributed by atoms with E-state index in [4.69, 9.17) is 4.74 Å². The molecule has 4 rings (SSSR count). The molecule has 1 aliphatic heterocycles. The molecule has 2 atom stereocenters. The predicted molar refractivity (Wildman–Crippen MR) is 112 cm³/mol. The van der Waals surface area contributed by atoms with Gasteiger partial charge in [-0.1, -0.05) is 18.2 Å². The van der Waals surface area contributed by atoms with E-state index in [0.29, 0.717) is 35.2 Å². The molecule has 0 bridgehead atoms. The summed E-state index contributed by atoms with van der Waals surface area (Å²) in [6, 6.07) is 13.7. The zero-order chi connectivity index (χ0) is 21.4. The van der Waals surface area contributed by atoms with E-state index < -0.39 is 10.8 Å². The highest BCUT2D eigenvalue weighted by atomic mass is 16.6. The summed E-state index contributed by atoms with van der Waals surface area (Å²) in [6.07, 6.45) is 1.37. The van der Waals surface area contributed by atoms with E-state index in [1.54, 1.807) is 36.4 Å². The van der Waals surface area contributed by atoms with Gasteiger partial charge >= 0.3 is 0 Å². The van der Waals surface area contributed by atoms with Crippen LogP contribution in [0, 0.1) is 21.4 Å². The van der Waals surface area contributed by atoms with Gasteiger partial charge in [-0.05, 0) is 32.0 Å². The van der Waals surface area contributed by atoms with Crippen molar-refractivity contribution >= 4 is 28.2 Å². The number of anilines is 1. The first-order valence-electron chi connectivity index (χ1n) is 9.62. The highest BCUT2D eigenvalue weighted by Gasteiger charge is 2.28. The van der Waals surface area contributed by atoms with Crippen LogP contribution in [-0.4, -0.2) is 40.7 Å². The number of hydrogen-bond donors (Lipinski definition) is 0. The number of para-hydroxylation sites is 1. The highest BCUT2D eigenvalue weighted by molar-refractivity contribution is 6.04. The number of fused-ring (bicyclic) bond motifs is 1. The average molecular weight is 404 g/mol. The number of nitrogens with zero attached hydrogens (tertiary/aromatic N) is 4. The third kappa shape index (κ3) is 3.40. The summed E-state index contributed by atoms with van der Waals surface area (Å²) in [5.41, 5.74) is 1.49. The molecule has 30 heavy (non-hydrogen) atoms. The molecule has 8 heteroatoms. The third-order valence-electron chi connectivity index (χ3n) is 5.23. The summed E-state index contributed by atoms with van der Waals surface area (Å²) < 4.78 is 7.08. The lowest BCUT2D eigenvalue weighted by Gasteiger charge is -2.36. The minimum Gasteiger partial charge on any atom is -0.372 e. The van der Waals surface area contributed by atoms with Gasteiger partial charge in [-0.25, -0.2) is 0 Å². The van der Waals surface area contributed by atoms with Crippen LogP contribution in [0.3, 0.4) is 0 Å². The highest BCUT2D eigenvalue weighted by Crippen LogP contribution is 2.32. The molecule has 1 fully saturated rings. The monoisotopic (exact) mass is 404 g/mol. The Balaban J connectivity index is 1.76. The Morgan fingerprint density at radius 3 is 2.57 bits per heavy atom. The van der Waals surface area contributed by atoms with E-state index in [0.717, 1.165) is 0 Å². The number of rotatable bonds is 3. The van der Waals surface area contributed by atoms with Gasteiger partial charge in [0.1, 0.15) is 11.8 Å². The minimum absolute atomic E-state index is 0.0506.